The topological polar surface area (TPSA) is 78.6 Å². The number of aromatic nitrogens is 1. The average Bonchev–Trinajstić information content (AvgIpc) is 2.94. The van der Waals surface area contributed by atoms with Gasteiger partial charge in [-0.25, -0.2) is 14.6 Å². The first-order valence-corrected chi connectivity index (χ1v) is 11.8. The van der Waals surface area contributed by atoms with Gasteiger partial charge in [-0.3, -0.25) is 0 Å². The van der Waals surface area contributed by atoms with E-state index in [0.717, 1.165) is 16.3 Å². The van der Waals surface area contributed by atoms with Gasteiger partial charge in [-0.2, -0.15) is 0 Å². The van der Waals surface area contributed by atoms with Gasteiger partial charge in [0.05, 0.1) is 23.9 Å². The molecule has 0 saturated carbocycles. The number of esters is 1. The Morgan fingerprint density at radius 1 is 0.838 bits per heavy atom. The first-order chi connectivity index (χ1) is 18.1. The molecule has 37 heavy (non-hydrogen) atoms. The van der Waals surface area contributed by atoms with Crippen LogP contribution in [-0.2, 0) is 11.3 Å². The van der Waals surface area contributed by atoms with Crippen molar-refractivity contribution in [3.8, 4) is 17.0 Å². The van der Waals surface area contributed by atoms with E-state index in [1.807, 2.05) is 66.7 Å². The monoisotopic (exact) mass is 487 g/mol. The van der Waals surface area contributed by atoms with Gasteiger partial charge in [0.25, 0.3) is 0 Å². The van der Waals surface area contributed by atoms with Crippen molar-refractivity contribution < 1.29 is 18.7 Å². The quantitative estimate of drug-likeness (QED) is 0.203. The zero-order valence-corrected chi connectivity index (χ0v) is 19.9. The standard InChI is InChI=1S/C31H21NO5/c1-35-21-13-14-23-20(15-30(33)37-29(23)16-21)18-36-31(34)26-17-28(32-27-12-5-4-10-25(26)27)24-11-6-8-19-7-2-3-9-22(19)24/h2-17H,18H2,1H3. The molecule has 4 aromatic carbocycles. The van der Waals surface area contributed by atoms with Gasteiger partial charge in [-0.05, 0) is 35.0 Å². The smallest absolute Gasteiger partial charge is 0.339 e. The summed E-state index contributed by atoms with van der Waals surface area (Å²) in [4.78, 5) is 30.4. The molecular formula is C31H21NO5. The second kappa shape index (κ2) is 9.24. The van der Waals surface area contributed by atoms with Gasteiger partial charge in [0.15, 0.2) is 0 Å². The minimum atomic E-state index is -0.528. The van der Waals surface area contributed by atoms with Crippen molar-refractivity contribution in [2.24, 2.45) is 0 Å². The van der Waals surface area contributed by atoms with Gasteiger partial charge < -0.3 is 13.9 Å². The van der Waals surface area contributed by atoms with E-state index >= 15 is 0 Å². The zero-order valence-electron chi connectivity index (χ0n) is 19.9. The molecule has 0 bridgehead atoms. The van der Waals surface area contributed by atoms with Gasteiger partial charge in [0, 0.05) is 34.0 Å². The molecule has 0 aliphatic heterocycles. The molecule has 0 radical (unpaired) electrons. The van der Waals surface area contributed by atoms with Crippen molar-refractivity contribution in [1.29, 1.82) is 0 Å². The SMILES string of the molecule is COc1ccc2c(COC(=O)c3cc(-c4cccc5ccccc45)nc4ccccc34)cc(=O)oc2c1. The number of nitrogens with zero attached hydrogens (tertiary/aromatic N) is 1. The highest BCUT2D eigenvalue weighted by Crippen LogP contribution is 2.31. The van der Waals surface area contributed by atoms with Gasteiger partial charge in [0.1, 0.15) is 17.9 Å². The Balaban J connectivity index is 1.40. The molecule has 2 aromatic heterocycles. The van der Waals surface area contributed by atoms with Crippen molar-refractivity contribution in [1.82, 2.24) is 4.98 Å². The molecule has 0 amide bonds. The lowest BCUT2D eigenvalue weighted by atomic mass is 9.99. The highest BCUT2D eigenvalue weighted by atomic mass is 16.5. The first kappa shape index (κ1) is 22.5. The molecule has 0 saturated heterocycles. The highest BCUT2D eigenvalue weighted by molar-refractivity contribution is 6.06. The Morgan fingerprint density at radius 3 is 2.49 bits per heavy atom. The number of rotatable bonds is 5. The number of ether oxygens (including phenoxy) is 2. The number of para-hydroxylation sites is 1. The molecule has 0 aliphatic rings. The van der Waals surface area contributed by atoms with Crippen molar-refractivity contribution >= 4 is 38.6 Å². The van der Waals surface area contributed by atoms with E-state index in [4.69, 9.17) is 18.9 Å². The van der Waals surface area contributed by atoms with E-state index in [0.29, 0.717) is 44.4 Å². The normalized spacial score (nSPS) is 11.2. The Bertz CT molecular complexity index is 1870. The van der Waals surface area contributed by atoms with Crippen LogP contribution in [0, 0.1) is 0 Å². The van der Waals surface area contributed by atoms with Crippen LogP contribution in [-0.4, -0.2) is 18.1 Å². The van der Waals surface area contributed by atoms with Crippen LogP contribution in [0.5, 0.6) is 5.75 Å². The van der Waals surface area contributed by atoms with Crippen LogP contribution in [0.15, 0.2) is 106 Å². The Hall–Kier alpha value is -4.97. The summed E-state index contributed by atoms with van der Waals surface area (Å²) < 4.78 is 16.3. The van der Waals surface area contributed by atoms with Crippen LogP contribution in [0.4, 0.5) is 0 Å². The number of methoxy groups -OCH3 is 1. The molecular weight excluding hydrogens is 466 g/mol. The fourth-order valence-electron chi connectivity index (χ4n) is 4.61. The molecule has 6 rings (SSSR count). The largest absolute Gasteiger partial charge is 0.497 e. The van der Waals surface area contributed by atoms with Crippen molar-refractivity contribution in [2.75, 3.05) is 7.11 Å². The summed E-state index contributed by atoms with van der Waals surface area (Å²) in [6.07, 6.45) is 0. The molecule has 6 aromatic rings. The summed E-state index contributed by atoms with van der Waals surface area (Å²) in [7, 11) is 1.54. The number of hydrogen-bond donors (Lipinski definition) is 0. The third kappa shape index (κ3) is 4.19. The maximum atomic E-state index is 13.4. The second-order valence-corrected chi connectivity index (χ2v) is 8.63. The third-order valence-corrected chi connectivity index (χ3v) is 6.40. The van der Waals surface area contributed by atoms with E-state index in [9.17, 15) is 9.59 Å². The van der Waals surface area contributed by atoms with Gasteiger partial charge in [-0.1, -0.05) is 60.7 Å². The third-order valence-electron chi connectivity index (χ3n) is 6.40. The summed E-state index contributed by atoms with van der Waals surface area (Å²) in [6, 6.07) is 29.9. The van der Waals surface area contributed by atoms with Crippen LogP contribution in [0.3, 0.4) is 0 Å². The summed E-state index contributed by atoms with van der Waals surface area (Å²) in [5.74, 6) is 0.0593. The van der Waals surface area contributed by atoms with E-state index in [1.165, 1.54) is 13.2 Å². The fourth-order valence-corrected chi connectivity index (χ4v) is 4.61. The predicted molar refractivity (Wildman–Crippen MR) is 143 cm³/mol. The zero-order chi connectivity index (χ0) is 25.4. The number of carbonyl (C=O) groups excluding carboxylic acids is 1. The lowest BCUT2D eigenvalue weighted by Crippen LogP contribution is -2.09. The number of pyridine rings is 1. The number of benzene rings is 4. The van der Waals surface area contributed by atoms with Crippen molar-refractivity contribution in [2.45, 2.75) is 6.61 Å². The van der Waals surface area contributed by atoms with Gasteiger partial charge >= 0.3 is 11.6 Å². The molecule has 0 aliphatic carbocycles. The van der Waals surface area contributed by atoms with E-state index in [2.05, 4.69) is 0 Å². The van der Waals surface area contributed by atoms with Crippen molar-refractivity contribution in [3.05, 3.63) is 119 Å². The maximum Gasteiger partial charge on any atom is 0.339 e. The Labute approximate surface area is 211 Å². The molecule has 0 atom stereocenters. The molecule has 2 heterocycles. The van der Waals surface area contributed by atoms with Gasteiger partial charge in [0.2, 0.25) is 0 Å². The number of hydrogen-bond acceptors (Lipinski definition) is 6. The highest BCUT2D eigenvalue weighted by Gasteiger charge is 2.17. The molecule has 6 heteroatoms. The Morgan fingerprint density at radius 2 is 1.62 bits per heavy atom. The lowest BCUT2D eigenvalue weighted by Gasteiger charge is -2.12. The fraction of sp³-hybridized carbons (Fsp3) is 0.0645. The van der Waals surface area contributed by atoms with Crippen LogP contribution < -0.4 is 10.4 Å². The predicted octanol–water partition coefficient (Wildman–Crippen LogP) is 6.53. The number of fused-ring (bicyclic) bond motifs is 3. The summed E-state index contributed by atoms with van der Waals surface area (Å²) >= 11 is 0. The maximum absolute atomic E-state index is 13.4. The summed E-state index contributed by atoms with van der Waals surface area (Å²) in [5, 5.41) is 3.50. The minimum absolute atomic E-state index is 0.0898. The molecule has 0 unspecified atom stereocenters. The number of carbonyl (C=O) groups is 1. The van der Waals surface area contributed by atoms with Gasteiger partial charge in [-0.15, -0.1) is 0 Å². The second-order valence-electron chi connectivity index (χ2n) is 8.63. The Kier molecular flexibility index (Phi) is 5.62. The summed E-state index contributed by atoms with van der Waals surface area (Å²) in [6.45, 7) is -0.0898. The van der Waals surface area contributed by atoms with Crippen LogP contribution >= 0.6 is 0 Å². The van der Waals surface area contributed by atoms with Crippen LogP contribution in [0.2, 0.25) is 0 Å². The van der Waals surface area contributed by atoms with E-state index < -0.39 is 11.6 Å². The van der Waals surface area contributed by atoms with E-state index in [-0.39, 0.29) is 6.61 Å². The molecule has 180 valence electrons. The van der Waals surface area contributed by atoms with Crippen molar-refractivity contribution in [3.63, 3.8) is 0 Å². The molecule has 0 N–H and O–H groups in total. The van der Waals surface area contributed by atoms with Crippen LogP contribution in [0.25, 0.3) is 43.9 Å². The molecule has 0 fully saturated rings. The lowest BCUT2D eigenvalue weighted by molar-refractivity contribution is 0.0476. The van der Waals surface area contributed by atoms with E-state index in [1.54, 1.807) is 24.3 Å². The molecule has 0 spiro atoms. The molecule has 6 nitrogen and oxygen atoms in total. The summed E-state index contributed by atoms with van der Waals surface area (Å²) in [5.41, 5.74) is 3.10. The van der Waals surface area contributed by atoms with Crippen LogP contribution in [0.1, 0.15) is 15.9 Å². The first-order valence-electron chi connectivity index (χ1n) is 11.8. The minimum Gasteiger partial charge on any atom is -0.497 e. The average molecular weight is 488 g/mol.